The van der Waals surface area contributed by atoms with Gasteiger partial charge in [-0.15, -0.1) is 0 Å². The lowest BCUT2D eigenvalue weighted by molar-refractivity contribution is -0.124. The molecule has 1 aromatic rings. The predicted molar refractivity (Wildman–Crippen MR) is 76.2 cm³/mol. The van der Waals surface area contributed by atoms with Gasteiger partial charge < -0.3 is 10.4 Å². The van der Waals surface area contributed by atoms with Crippen LogP contribution in [0.4, 0.5) is 0 Å². The third-order valence-electron chi connectivity index (χ3n) is 3.51. The highest BCUT2D eigenvalue weighted by atomic mass is 16.5. The van der Waals surface area contributed by atoms with Crippen molar-refractivity contribution in [1.82, 2.24) is 10.8 Å². The first-order valence-corrected chi connectivity index (χ1v) is 6.84. The molecule has 5 nitrogen and oxygen atoms in total. The van der Waals surface area contributed by atoms with Gasteiger partial charge in [-0.05, 0) is 48.6 Å². The van der Waals surface area contributed by atoms with E-state index in [2.05, 4.69) is 17.4 Å². The number of aliphatic hydroxyl groups excluding tert-OH is 1. The van der Waals surface area contributed by atoms with Gasteiger partial charge in [-0.1, -0.05) is 18.2 Å². The fourth-order valence-electron chi connectivity index (χ4n) is 2.52. The highest BCUT2D eigenvalue weighted by Crippen LogP contribution is 2.31. The first-order chi connectivity index (χ1) is 9.74. The quantitative estimate of drug-likeness (QED) is 0.272. The van der Waals surface area contributed by atoms with Crippen molar-refractivity contribution in [1.29, 1.82) is 0 Å². The van der Waals surface area contributed by atoms with Gasteiger partial charge in [0.1, 0.15) is 0 Å². The van der Waals surface area contributed by atoms with Gasteiger partial charge in [-0.3, -0.25) is 10.0 Å². The summed E-state index contributed by atoms with van der Waals surface area (Å²) < 4.78 is 0. The Hall–Kier alpha value is -1.69. The Balaban J connectivity index is 2.02. The van der Waals surface area contributed by atoms with Crippen LogP contribution < -0.4 is 10.8 Å². The van der Waals surface area contributed by atoms with E-state index in [-0.39, 0.29) is 6.61 Å². The second-order valence-corrected chi connectivity index (χ2v) is 4.89. The van der Waals surface area contributed by atoms with Crippen molar-refractivity contribution in [3.8, 4) is 0 Å². The van der Waals surface area contributed by atoms with Gasteiger partial charge >= 0.3 is 0 Å². The van der Waals surface area contributed by atoms with Crippen LogP contribution in [-0.4, -0.2) is 29.4 Å². The molecule has 5 heteroatoms. The van der Waals surface area contributed by atoms with Crippen LogP contribution in [0, 0.1) is 0 Å². The number of fused-ring (bicyclic) bond motifs is 1. The summed E-state index contributed by atoms with van der Waals surface area (Å²) in [6, 6.07) is 6.47. The minimum atomic E-state index is -0.533. The van der Waals surface area contributed by atoms with Gasteiger partial charge in [0.05, 0.1) is 0 Å². The predicted octanol–water partition coefficient (Wildman–Crippen LogP) is 1.16. The smallest absolute Gasteiger partial charge is 0.267 e. The molecule has 1 atom stereocenters. The summed E-state index contributed by atoms with van der Waals surface area (Å²) in [7, 11) is 0. The molecule has 2 rings (SSSR count). The second kappa shape index (κ2) is 7.19. The van der Waals surface area contributed by atoms with Gasteiger partial charge in [0, 0.05) is 18.7 Å². The molecule has 0 aliphatic heterocycles. The Bertz CT molecular complexity index is 500. The van der Waals surface area contributed by atoms with Gasteiger partial charge in [-0.2, -0.15) is 0 Å². The lowest BCUT2D eigenvalue weighted by atomic mass is 10.0. The SMILES string of the molecule is O=C(/C=C/c1ccc2c(c1)CCC2NCCCO)NO. The topological polar surface area (TPSA) is 81.6 Å². The summed E-state index contributed by atoms with van der Waals surface area (Å²) >= 11 is 0. The molecule has 1 unspecified atom stereocenters. The fraction of sp³-hybridized carbons (Fsp3) is 0.400. The zero-order valence-electron chi connectivity index (χ0n) is 11.3. The van der Waals surface area contributed by atoms with E-state index in [0.29, 0.717) is 6.04 Å². The highest BCUT2D eigenvalue weighted by Gasteiger charge is 2.21. The molecule has 0 fully saturated rings. The van der Waals surface area contributed by atoms with Crippen LogP contribution in [0.3, 0.4) is 0 Å². The molecule has 0 aromatic heterocycles. The molecule has 0 spiro atoms. The van der Waals surface area contributed by atoms with Crippen LogP contribution in [0.1, 0.15) is 35.6 Å². The van der Waals surface area contributed by atoms with Crippen molar-refractivity contribution in [2.24, 2.45) is 0 Å². The van der Waals surface area contributed by atoms with E-state index in [1.165, 1.54) is 17.2 Å². The van der Waals surface area contributed by atoms with E-state index in [9.17, 15) is 4.79 Å². The molecular formula is C15H20N2O3. The summed E-state index contributed by atoms with van der Waals surface area (Å²) in [6.07, 6.45) is 5.82. The Morgan fingerprint density at radius 2 is 2.30 bits per heavy atom. The standard InChI is InChI=1S/C15H20N2O3/c18-9-1-8-16-14-6-4-12-10-11(2-5-13(12)14)3-7-15(19)17-20/h2-3,5,7,10,14,16,18,20H,1,4,6,8-9H2,(H,17,19)/b7-3+. The van der Waals surface area contributed by atoms with Crippen LogP contribution in [-0.2, 0) is 11.2 Å². The molecule has 1 aliphatic rings. The van der Waals surface area contributed by atoms with Gasteiger partial charge in [0.15, 0.2) is 0 Å². The Labute approximate surface area is 118 Å². The van der Waals surface area contributed by atoms with Crippen molar-refractivity contribution in [2.45, 2.75) is 25.3 Å². The summed E-state index contributed by atoms with van der Waals surface area (Å²) in [5, 5.41) is 20.7. The van der Waals surface area contributed by atoms with Crippen LogP contribution in [0.15, 0.2) is 24.3 Å². The maximum Gasteiger partial charge on any atom is 0.267 e. The molecule has 0 heterocycles. The first-order valence-electron chi connectivity index (χ1n) is 6.84. The third-order valence-corrected chi connectivity index (χ3v) is 3.51. The molecule has 0 bridgehead atoms. The summed E-state index contributed by atoms with van der Waals surface area (Å²) in [5.41, 5.74) is 5.10. The van der Waals surface area contributed by atoms with Crippen molar-refractivity contribution < 1.29 is 15.1 Å². The van der Waals surface area contributed by atoms with E-state index >= 15 is 0 Å². The molecule has 108 valence electrons. The number of carbonyl (C=O) groups excluding carboxylic acids is 1. The molecule has 1 aromatic carbocycles. The number of benzene rings is 1. The van der Waals surface area contributed by atoms with Gasteiger partial charge in [-0.25, -0.2) is 5.48 Å². The second-order valence-electron chi connectivity index (χ2n) is 4.89. The third kappa shape index (κ3) is 3.66. The number of aliphatic hydroxyl groups is 1. The van der Waals surface area contributed by atoms with Crippen molar-refractivity contribution in [3.05, 3.63) is 41.0 Å². The minimum absolute atomic E-state index is 0.212. The summed E-state index contributed by atoms with van der Waals surface area (Å²) in [4.78, 5) is 10.9. The van der Waals surface area contributed by atoms with E-state index < -0.39 is 5.91 Å². The van der Waals surface area contributed by atoms with Crippen molar-refractivity contribution >= 4 is 12.0 Å². The molecular weight excluding hydrogens is 256 g/mol. The normalized spacial score (nSPS) is 17.4. The number of nitrogens with one attached hydrogen (secondary N) is 2. The number of carbonyl (C=O) groups is 1. The molecule has 0 saturated carbocycles. The lowest BCUT2D eigenvalue weighted by Gasteiger charge is -2.13. The maximum absolute atomic E-state index is 10.9. The average molecular weight is 276 g/mol. The lowest BCUT2D eigenvalue weighted by Crippen LogP contribution is -2.21. The Morgan fingerprint density at radius 1 is 1.45 bits per heavy atom. The zero-order valence-corrected chi connectivity index (χ0v) is 11.3. The molecule has 1 amide bonds. The Kier molecular flexibility index (Phi) is 5.29. The molecule has 0 saturated heterocycles. The number of hydrogen-bond acceptors (Lipinski definition) is 4. The highest BCUT2D eigenvalue weighted by molar-refractivity contribution is 5.90. The minimum Gasteiger partial charge on any atom is -0.396 e. The van der Waals surface area contributed by atoms with E-state index in [4.69, 9.17) is 10.3 Å². The van der Waals surface area contributed by atoms with Crippen molar-refractivity contribution in [3.63, 3.8) is 0 Å². The van der Waals surface area contributed by atoms with Gasteiger partial charge in [0.2, 0.25) is 0 Å². The van der Waals surface area contributed by atoms with E-state index in [0.717, 1.165) is 31.4 Å². The Morgan fingerprint density at radius 3 is 3.05 bits per heavy atom. The van der Waals surface area contributed by atoms with E-state index in [1.54, 1.807) is 11.6 Å². The largest absolute Gasteiger partial charge is 0.396 e. The number of hydrogen-bond donors (Lipinski definition) is 4. The monoisotopic (exact) mass is 276 g/mol. The fourth-order valence-corrected chi connectivity index (χ4v) is 2.52. The number of amides is 1. The first kappa shape index (κ1) is 14.7. The summed E-state index contributed by atoms with van der Waals surface area (Å²) in [5.74, 6) is -0.533. The number of aryl methyl sites for hydroxylation is 1. The van der Waals surface area contributed by atoms with Crippen molar-refractivity contribution in [2.75, 3.05) is 13.2 Å². The molecule has 4 N–H and O–H groups in total. The maximum atomic E-state index is 10.9. The number of rotatable bonds is 6. The van der Waals surface area contributed by atoms with E-state index in [1.807, 2.05) is 6.07 Å². The molecule has 1 aliphatic carbocycles. The average Bonchev–Trinajstić information content (AvgIpc) is 2.87. The zero-order chi connectivity index (χ0) is 14.4. The molecule has 20 heavy (non-hydrogen) atoms. The summed E-state index contributed by atoms with van der Waals surface area (Å²) in [6.45, 7) is 1.03. The van der Waals surface area contributed by atoms with Crippen LogP contribution in [0.2, 0.25) is 0 Å². The van der Waals surface area contributed by atoms with Crippen LogP contribution in [0.25, 0.3) is 6.08 Å². The van der Waals surface area contributed by atoms with Crippen LogP contribution in [0.5, 0.6) is 0 Å². The number of hydroxylamine groups is 1. The van der Waals surface area contributed by atoms with Gasteiger partial charge in [0.25, 0.3) is 5.91 Å². The van der Waals surface area contributed by atoms with Crippen LogP contribution >= 0.6 is 0 Å². The molecule has 0 radical (unpaired) electrons.